The van der Waals surface area contributed by atoms with E-state index >= 15 is 0 Å². The number of aryl methyl sites for hydroxylation is 1. The average molecular weight is 341 g/mol. The summed E-state index contributed by atoms with van der Waals surface area (Å²) in [6.07, 6.45) is -0.515. The maximum absolute atomic E-state index is 10.5. The lowest BCUT2D eigenvalue weighted by atomic mass is 10.1. The quantitative estimate of drug-likeness (QED) is 0.568. The lowest BCUT2D eigenvalue weighted by Crippen LogP contribution is -2.03. The lowest BCUT2D eigenvalue weighted by Gasteiger charge is -2.12. The summed E-state index contributed by atoms with van der Waals surface area (Å²) in [6, 6.07) is 16.1. The van der Waals surface area contributed by atoms with Gasteiger partial charge in [0.1, 0.15) is 0 Å². The van der Waals surface area contributed by atoms with E-state index in [4.69, 9.17) is 0 Å². The maximum atomic E-state index is 10.5. The first-order valence-corrected chi connectivity index (χ1v) is 9.13. The number of fused-ring (bicyclic) bond motifs is 3. The number of aliphatic hydroxyl groups is 1. The van der Waals surface area contributed by atoms with Crippen LogP contribution in [0.4, 0.5) is 0 Å². The van der Waals surface area contributed by atoms with E-state index in [1.54, 1.807) is 11.3 Å². The molecule has 2 aromatic heterocycles. The molecule has 0 amide bonds. The molecule has 0 saturated heterocycles. The van der Waals surface area contributed by atoms with Gasteiger partial charge in [-0.1, -0.05) is 59.5 Å². The normalized spacial score (nSPS) is 13.0. The molecule has 4 aromatic rings. The molecule has 6 heteroatoms. The Labute approximate surface area is 141 Å². The predicted molar refractivity (Wildman–Crippen MR) is 95.2 cm³/mol. The number of rotatable bonds is 4. The van der Waals surface area contributed by atoms with E-state index in [1.807, 2.05) is 43.3 Å². The summed E-state index contributed by atoms with van der Waals surface area (Å²) >= 11 is 3.16. The van der Waals surface area contributed by atoms with Crippen molar-refractivity contribution in [1.29, 1.82) is 0 Å². The third-order valence-corrected chi connectivity index (χ3v) is 5.85. The van der Waals surface area contributed by atoms with Gasteiger partial charge in [0.05, 0.1) is 16.3 Å². The van der Waals surface area contributed by atoms with Crippen LogP contribution in [0.25, 0.3) is 15.2 Å². The van der Waals surface area contributed by atoms with E-state index in [-0.39, 0.29) is 0 Å². The van der Waals surface area contributed by atoms with E-state index in [1.165, 1.54) is 16.5 Å². The number of thiazole rings is 1. The summed E-state index contributed by atoms with van der Waals surface area (Å²) in [5, 5.41) is 19.8. The molecule has 23 heavy (non-hydrogen) atoms. The molecular formula is C17H15N3OS2. The third kappa shape index (κ3) is 2.63. The van der Waals surface area contributed by atoms with Crippen molar-refractivity contribution < 1.29 is 5.11 Å². The zero-order valence-electron chi connectivity index (χ0n) is 12.5. The predicted octanol–water partition coefficient (Wildman–Crippen LogP) is 4.08. The minimum Gasteiger partial charge on any atom is -0.388 e. The Morgan fingerprint density at radius 2 is 1.91 bits per heavy atom. The third-order valence-electron chi connectivity index (χ3n) is 3.83. The Balaban J connectivity index is 1.62. The Bertz CT molecular complexity index is 976. The van der Waals surface area contributed by atoms with Crippen LogP contribution in [0.1, 0.15) is 17.2 Å². The molecule has 0 spiro atoms. The second-order valence-corrected chi connectivity index (χ2v) is 7.35. The monoisotopic (exact) mass is 341 g/mol. The van der Waals surface area contributed by atoms with Gasteiger partial charge in [-0.25, -0.2) is 0 Å². The molecule has 0 unspecified atom stereocenters. The van der Waals surface area contributed by atoms with Crippen molar-refractivity contribution in [2.45, 2.75) is 18.2 Å². The van der Waals surface area contributed by atoms with Crippen LogP contribution in [-0.4, -0.2) is 25.5 Å². The zero-order valence-corrected chi connectivity index (χ0v) is 14.1. The van der Waals surface area contributed by atoms with Crippen molar-refractivity contribution >= 4 is 38.3 Å². The molecule has 0 aliphatic rings. The highest BCUT2D eigenvalue weighted by atomic mass is 32.2. The fourth-order valence-electron chi connectivity index (χ4n) is 2.65. The van der Waals surface area contributed by atoms with Gasteiger partial charge in [0.15, 0.2) is 5.16 Å². The summed E-state index contributed by atoms with van der Waals surface area (Å²) < 4.78 is 3.26. The number of aromatic nitrogens is 3. The zero-order chi connectivity index (χ0) is 15.8. The number of para-hydroxylation sites is 1. The lowest BCUT2D eigenvalue weighted by molar-refractivity contribution is 0.203. The summed E-state index contributed by atoms with van der Waals surface area (Å²) in [7, 11) is 0. The van der Waals surface area contributed by atoms with Crippen LogP contribution in [-0.2, 0) is 0 Å². The highest BCUT2D eigenvalue weighted by Gasteiger charge is 2.15. The van der Waals surface area contributed by atoms with Crippen LogP contribution < -0.4 is 0 Å². The molecule has 1 N–H and O–H groups in total. The molecule has 4 nitrogen and oxygen atoms in total. The summed E-state index contributed by atoms with van der Waals surface area (Å²) in [5.74, 6) is 0.551. The van der Waals surface area contributed by atoms with Gasteiger partial charge < -0.3 is 5.11 Å². The Hall–Kier alpha value is -1.89. The molecule has 0 fully saturated rings. The second-order valence-electron chi connectivity index (χ2n) is 5.35. The van der Waals surface area contributed by atoms with Crippen molar-refractivity contribution in [3.8, 4) is 0 Å². The highest BCUT2D eigenvalue weighted by molar-refractivity contribution is 7.99. The van der Waals surface area contributed by atoms with Gasteiger partial charge in [-0.2, -0.15) is 0 Å². The van der Waals surface area contributed by atoms with Gasteiger partial charge in [0, 0.05) is 5.75 Å². The van der Waals surface area contributed by atoms with E-state index in [0.29, 0.717) is 5.75 Å². The van der Waals surface area contributed by atoms with Crippen molar-refractivity contribution in [3.05, 3.63) is 59.7 Å². The maximum Gasteiger partial charge on any atom is 0.217 e. The molecular weight excluding hydrogens is 326 g/mol. The molecule has 1 atom stereocenters. The van der Waals surface area contributed by atoms with Crippen LogP contribution in [0, 0.1) is 6.92 Å². The standard InChI is InChI=1S/C17H15N3OS2/c1-11-6-2-3-7-12(11)14(21)10-22-16-18-19-17-20(16)13-8-4-5-9-15(13)23-17/h2-9,14,21H,10H2,1H3/t14-/m1/s1. The summed E-state index contributed by atoms with van der Waals surface area (Å²) in [4.78, 5) is 0.888. The molecule has 2 aromatic carbocycles. The first kappa shape index (κ1) is 14.7. The van der Waals surface area contributed by atoms with E-state index in [0.717, 1.165) is 26.8 Å². The van der Waals surface area contributed by atoms with Gasteiger partial charge in [-0.15, -0.1) is 10.2 Å². The number of hydrogen-bond donors (Lipinski definition) is 1. The molecule has 0 radical (unpaired) electrons. The number of aliphatic hydroxyl groups excluding tert-OH is 1. The second kappa shape index (κ2) is 5.96. The molecule has 0 bridgehead atoms. The Morgan fingerprint density at radius 3 is 2.78 bits per heavy atom. The largest absolute Gasteiger partial charge is 0.388 e. The minimum atomic E-state index is -0.515. The van der Waals surface area contributed by atoms with E-state index in [2.05, 4.69) is 26.7 Å². The van der Waals surface area contributed by atoms with Crippen molar-refractivity contribution in [1.82, 2.24) is 14.6 Å². The first-order chi connectivity index (χ1) is 11.2. The Morgan fingerprint density at radius 1 is 1.13 bits per heavy atom. The van der Waals surface area contributed by atoms with E-state index in [9.17, 15) is 5.11 Å². The fraction of sp³-hybridized carbons (Fsp3) is 0.176. The molecule has 0 saturated carbocycles. The van der Waals surface area contributed by atoms with Gasteiger partial charge >= 0.3 is 0 Å². The van der Waals surface area contributed by atoms with Gasteiger partial charge in [-0.3, -0.25) is 4.40 Å². The first-order valence-electron chi connectivity index (χ1n) is 7.33. The fourth-order valence-corrected chi connectivity index (χ4v) is 4.57. The van der Waals surface area contributed by atoms with E-state index < -0.39 is 6.10 Å². The molecule has 0 aliphatic heterocycles. The van der Waals surface area contributed by atoms with Gasteiger partial charge in [-0.05, 0) is 30.2 Å². The average Bonchev–Trinajstić information content (AvgIpc) is 3.12. The smallest absolute Gasteiger partial charge is 0.217 e. The SMILES string of the molecule is Cc1ccccc1[C@H](O)CSc1nnc2sc3ccccc3n12. The molecule has 116 valence electrons. The summed E-state index contributed by atoms with van der Waals surface area (Å²) in [5.41, 5.74) is 3.19. The van der Waals surface area contributed by atoms with Gasteiger partial charge in [0.25, 0.3) is 0 Å². The topological polar surface area (TPSA) is 50.4 Å². The van der Waals surface area contributed by atoms with Crippen molar-refractivity contribution in [2.75, 3.05) is 5.75 Å². The molecule has 4 rings (SSSR count). The number of benzene rings is 2. The van der Waals surface area contributed by atoms with Crippen LogP contribution in [0.5, 0.6) is 0 Å². The van der Waals surface area contributed by atoms with Gasteiger partial charge in [0.2, 0.25) is 4.96 Å². The van der Waals surface area contributed by atoms with Crippen LogP contribution in [0.3, 0.4) is 0 Å². The van der Waals surface area contributed by atoms with Crippen molar-refractivity contribution in [3.63, 3.8) is 0 Å². The Kier molecular flexibility index (Phi) is 3.80. The minimum absolute atomic E-state index is 0.515. The molecule has 2 heterocycles. The number of hydrogen-bond acceptors (Lipinski definition) is 5. The summed E-state index contributed by atoms with van der Waals surface area (Å²) in [6.45, 7) is 2.02. The highest BCUT2D eigenvalue weighted by Crippen LogP contribution is 2.31. The van der Waals surface area contributed by atoms with Crippen LogP contribution in [0.15, 0.2) is 53.7 Å². The molecule has 0 aliphatic carbocycles. The van der Waals surface area contributed by atoms with Crippen LogP contribution >= 0.6 is 23.1 Å². The number of nitrogens with zero attached hydrogens (tertiary/aromatic N) is 3. The number of thioether (sulfide) groups is 1. The van der Waals surface area contributed by atoms with Crippen LogP contribution in [0.2, 0.25) is 0 Å². The van der Waals surface area contributed by atoms with Crippen molar-refractivity contribution in [2.24, 2.45) is 0 Å².